The van der Waals surface area contributed by atoms with Gasteiger partial charge >= 0.3 is 0 Å². The number of para-hydroxylation sites is 1. The topological polar surface area (TPSA) is 76.7 Å². The van der Waals surface area contributed by atoms with Gasteiger partial charge in [0.25, 0.3) is 5.89 Å². The Bertz CT molecular complexity index is 1250. The van der Waals surface area contributed by atoms with Gasteiger partial charge < -0.3 is 9.73 Å². The molecule has 0 bridgehead atoms. The zero-order chi connectivity index (χ0) is 21.0. The lowest BCUT2D eigenvalue weighted by Crippen LogP contribution is -2.07. The quantitative estimate of drug-likeness (QED) is 0.361. The first-order valence-corrected chi connectivity index (χ1v) is 10.9. The van der Waals surface area contributed by atoms with Crippen LogP contribution < -0.4 is 5.32 Å². The molecule has 5 rings (SSSR count). The molecule has 0 radical (unpaired) electrons. The molecule has 1 aliphatic rings. The van der Waals surface area contributed by atoms with E-state index in [-0.39, 0.29) is 5.89 Å². The summed E-state index contributed by atoms with van der Waals surface area (Å²) in [6.45, 7) is 0.823. The highest BCUT2D eigenvalue weighted by molar-refractivity contribution is 6.30. The SMILES string of the molecule is Clc1cccc(-c2nnc(-c3nc(NCCC4=CCCCC4)c4ccccc4n3)o2)c1. The molecule has 0 atom stereocenters. The van der Waals surface area contributed by atoms with E-state index in [4.69, 9.17) is 21.0 Å². The summed E-state index contributed by atoms with van der Waals surface area (Å²) in [5.74, 6) is 1.84. The third-order valence-electron chi connectivity index (χ3n) is 5.41. The molecule has 2 heterocycles. The van der Waals surface area contributed by atoms with Gasteiger partial charge in [-0.25, -0.2) is 9.97 Å². The average Bonchev–Trinajstić information content (AvgIpc) is 3.30. The number of fused-ring (bicyclic) bond motifs is 1. The van der Waals surface area contributed by atoms with E-state index in [1.54, 1.807) is 12.1 Å². The Morgan fingerprint density at radius 1 is 0.968 bits per heavy atom. The fourth-order valence-corrected chi connectivity index (χ4v) is 4.02. The van der Waals surface area contributed by atoms with Crippen molar-refractivity contribution in [2.45, 2.75) is 32.1 Å². The summed E-state index contributed by atoms with van der Waals surface area (Å²) >= 11 is 6.08. The molecule has 156 valence electrons. The Labute approximate surface area is 185 Å². The van der Waals surface area contributed by atoms with Crippen molar-refractivity contribution in [3.63, 3.8) is 0 Å². The number of halogens is 1. The summed E-state index contributed by atoms with van der Waals surface area (Å²) in [5.41, 5.74) is 3.11. The summed E-state index contributed by atoms with van der Waals surface area (Å²) < 4.78 is 5.87. The Balaban J connectivity index is 1.43. The minimum atomic E-state index is 0.277. The van der Waals surface area contributed by atoms with E-state index in [1.807, 2.05) is 36.4 Å². The molecule has 0 fully saturated rings. The second-order valence-electron chi connectivity index (χ2n) is 7.62. The first kappa shape index (κ1) is 19.7. The van der Waals surface area contributed by atoms with Gasteiger partial charge in [-0.2, -0.15) is 0 Å². The smallest absolute Gasteiger partial charge is 0.286 e. The van der Waals surface area contributed by atoms with Gasteiger partial charge in [0.2, 0.25) is 11.7 Å². The Morgan fingerprint density at radius 3 is 2.74 bits per heavy atom. The van der Waals surface area contributed by atoms with E-state index in [0.717, 1.165) is 35.2 Å². The highest BCUT2D eigenvalue weighted by Gasteiger charge is 2.16. The normalized spacial score (nSPS) is 13.9. The third kappa shape index (κ3) is 4.44. The molecule has 0 amide bonds. The molecule has 2 aromatic carbocycles. The number of hydrogen-bond donors (Lipinski definition) is 1. The van der Waals surface area contributed by atoms with Gasteiger partial charge in [-0.05, 0) is 62.4 Å². The van der Waals surface area contributed by atoms with E-state index in [9.17, 15) is 0 Å². The van der Waals surface area contributed by atoms with E-state index in [1.165, 1.54) is 31.3 Å². The maximum atomic E-state index is 6.08. The molecule has 31 heavy (non-hydrogen) atoms. The van der Waals surface area contributed by atoms with E-state index in [2.05, 4.69) is 26.6 Å². The number of rotatable bonds is 6. The van der Waals surface area contributed by atoms with Crippen LogP contribution in [0.5, 0.6) is 0 Å². The van der Waals surface area contributed by atoms with Gasteiger partial charge in [0.05, 0.1) is 5.52 Å². The molecule has 1 N–H and O–H groups in total. The summed E-state index contributed by atoms with van der Waals surface area (Å²) in [7, 11) is 0. The van der Waals surface area contributed by atoms with Gasteiger partial charge in [-0.3, -0.25) is 0 Å². The first-order chi connectivity index (χ1) is 15.3. The first-order valence-electron chi connectivity index (χ1n) is 10.5. The average molecular weight is 432 g/mol. The lowest BCUT2D eigenvalue weighted by atomic mass is 9.97. The number of benzene rings is 2. The van der Waals surface area contributed by atoms with E-state index >= 15 is 0 Å². The van der Waals surface area contributed by atoms with Gasteiger partial charge in [-0.15, -0.1) is 10.2 Å². The fraction of sp³-hybridized carbons (Fsp3) is 0.250. The monoisotopic (exact) mass is 431 g/mol. The van der Waals surface area contributed by atoms with Crippen molar-refractivity contribution >= 4 is 28.3 Å². The zero-order valence-corrected chi connectivity index (χ0v) is 17.8. The highest BCUT2D eigenvalue weighted by atomic mass is 35.5. The van der Waals surface area contributed by atoms with Crippen LogP contribution in [-0.2, 0) is 0 Å². The van der Waals surface area contributed by atoms with Crippen molar-refractivity contribution in [2.75, 3.05) is 11.9 Å². The standard InChI is InChI=1S/C24H22ClN5O/c25-18-10-6-9-17(15-18)23-29-30-24(31-23)22-27-20-12-5-4-11-19(20)21(28-22)26-14-13-16-7-2-1-3-8-16/h4-7,9-12,15H,1-3,8,13-14H2,(H,26,27,28). The third-order valence-corrected chi connectivity index (χ3v) is 5.65. The van der Waals surface area contributed by atoms with E-state index < -0.39 is 0 Å². The number of aromatic nitrogens is 4. The number of nitrogens with zero attached hydrogens (tertiary/aromatic N) is 4. The van der Waals surface area contributed by atoms with Gasteiger partial charge in [0.15, 0.2) is 0 Å². The molecule has 0 saturated carbocycles. The number of anilines is 1. The van der Waals surface area contributed by atoms with Crippen LogP contribution in [0.3, 0.4) is 0 Å². The molecule has 4 aromatic rings. The molecule has 0 aliphatic heterocycles. The van der Waals surface area contributed by atoms with Crippen molar-refractivity contribution < 1.29 is 4.42 Å². The Hall–Kier alpha value is -3.25. The Kier molecular flexibility index (Phi) is 5.63. The predicted octanol–water partition coefficient (Wildman–Crippen LogP) is 6.30. The molecule has 0 saturated heterocycles. The lowest BCUT2D eigenvalue weighted by molar-refractivity contribution is 0.579. The molecule has 1 aliphatic carbocycles. The van der Waals surface area contributed by atoms with Crippen LogP contribution in [0, 0.1) is 0 Å². The van der Waals surface area contributed by atoms with Crippen LogP contribution in [0.4, 0.5) is 5.82 Å². The van der Waals surface area contributed by atoms with Crippen molar-refractivity contribution in [1.29, 1.82) is 0 Å². The molecule has 7 heteroatoms. The number of nitrogens with one attached hydrogen (secondary N) is 1. The largest absolute Gasteiger partial charge is 0.413 e. The second-order valence-corrected chi connectivity index (χ2v) is 8.06. The van der Waals surface area contributed by atoms with Crippen LogP contribution >= 0.6 is 11.6 Å². The second kappa shape index (κ2) is 8.86. The van der Waals surface area contributed by atoms with Gasteiger partial charge in [-0.1, -0.05) is 41.4 Å². The highest BCUT2D eigenvalue weighted by Crippen LogP contribution is 2.28. The molecule has 0 spiro atoms. The molecule has 0 unspecified atom stereocenters. The molecular weight excluding hydrogens is 410 g/mol. The van der Waals surface area contributed by atoms with Crippen LogP contribution in [0.2, 0.25) is 5.02 Å². The van der Waals surface area contributed by atoms with Crippen LogP contribution in [0.15, 0.2) is 64.6 Å². The summed E-state index contributed by atoms with van der Waals surface area (Å²) in [6, 6.07) is 15.2. The van der Waals surface area contributed by atoms with Crippen molar-refractivity contribution in [1.82, 2.24) is 20.2 Å². The predicted molar refractivity (Wildman–Crippen MR) is 123 cm³/mol. The number of hydrogen-bond acceptors (Lipinski definition) is 6. The lowest BCUT2D eigenvalue weighted by Gasteiger charge is -2.14. The maximum Gasteiger partial charge on any atom is 0.286 e. The maximum absolute atomic E-state index is 6.08. The zero-order valence-electron chi connectivity index (χ0n) is 17.0. The van der Waals surface area contributed by atoms with Gasteiger partial charge in [0.1, 0.15) is 5.82 Å². The van der Waals surface area contributed by atoms with Crippen LogP contribution in [0.1, 0.15) is 32.1 Å². The molecular formula is C24H22ClN5O. The molecule has 6 nitrogen and oxygen atoms in total. The van der Waals surface area contributed by atoms with Crippen molar-refractivity contribution in [2.24, 2.45) is 0 Å². The minimum Gasteiger partial charge on any atom is -0.413 e. The number of allylic oxidation sites excluding steroid dienone is 1. The summed E-state index contributed by atoms with van der Waals surface area (Å²) in [5, 5.41) is 13.4. The molecule has 2 aromatic heterocycles. The van der Waals surface area contributed by atoms with Gasteiger partial charge in [0, 0.05) is 22.5 Å². The Morgan fingerprint density at radius 2 is 1.87 bits per heavy atom. The fourth-order valence-electron chi connectivity index (χ4n) is 3.83. The van der Waals surface area contributed by atoms with Crippen LogP contribution in [0.25, 0.3) is 34.1 Å². The summed E-state index contributed by atoms with van der Waals surface area (Å²) in [4.78, 5) is 9.36. The van der Waals surface area contributed by atoms with E-state index in [0.29, 0.717) is 16.7 Å². The summed E-state index contributed by atoms with van der Waals surface area (Å²) in [6.07, 6.45) is 8.39. The van der Waals surface area contributed by atoms with Crippen LogP contribution in [-0.4, -0.2) is 26.7 Å². The van der Waals surface area contributed by atoms with Crippen molar-refractivity contribution in [3.05, 3.63) is 65.2 Å². The van der Waals surface area contributed by atoms with Crippen molar-refractivity contribution in [3.8, 4) is 23.2 Å². The minimum absolute atomic E-state index is 0.277.